The summed E-state index contributed by atoms with van der Waals surface area (Å²) in [6.45, 7) is 8.58. The van der Waals surface area contributed by atoms with Gasteiger partial charge in [0.15, 0.2) is 0 Å². The first-order chi connectivity index (χ1) is 10.3. The topological polar surface area (TPSA) is 41.1 Å². The second kappa shape index (κ2) is 8.98. The zero-order chi connectivity index (χ0) is 14.9. The van der Waals surface area contributed by atoms with Gasteiger partial charge in [-0.3, -0.25) is 4.98 Å². The largest absolute Gasteiger partial charge is 0.355 e. The highest BCUT2D eigenvalue weighted by atomic mass is 15.2. The van der Waals surface area contributed by atoms with Crippen LogP contribution in [0.3, 0.4) is 0 Å². The second-order valence-corrected chi connectivity index (χ2v) is 6.12. The Balaban J connectivity index is 1.92. The monoisotopic (exact) mass is 290 g/mol. The highest BCUT2D eigenvalue weighted by Gasteiger charge is 2.17. The van der Waals surface area contributed by atoms with Crippen molar-refractivity contribution in [3.63, 3.8) is 0 Å². The molecule has 1 saturated heterocycles. The number of anilines is 1. The Bertz CT molecular complexity index is 408. The molecule has 1 aromatic rings. The van der Waals surface area contributed by atoms with Crippen molar-refractivity contribution in [2.45, 2.75) is 58.9 Å². The third-order valence-corrected chi connectivity index (χ3v) is 4.27. The molecule has 1 aromatic heterocycles. The van der Waals surface area contributed by atoms with Gasteiger partial charge in [-0.2, -0.15) is 0 Å². The van der Waals surface area contributed by atoms with Crippen molar-refractivity contribution in [2.75, 3.05) is 24.5 Å². The molecule has 1 atom stereocenters. The summed E-state index contributed by atoms with van der Waals surface area (Å²) in [5, 5.41) is 3.40. The van der Waals surface area contributed by atoms with Crippen LogP contribution in [0.25, 0.3) is 0 Å². The van der Waals surface area contributed by atoms with Crippen molar-refractivity contribution >= 4 is 5.82 Å². The van der Waals surface area contributed by atoms with E-state index in [0.717, 1.165) is 50.0 Å². The molecular weight excluding hydrogens is 260 g/mol. The molecule has 1 N–H and O–H groups in total. The first-order valence-corrected chi connectivity index (χ1v) is 8.60. The highest BCUT2D eigenvalue weighted by Crippen LogP contribution is 2.24. The summed E-state index contributed by atoms with van der Waals surface area (Å²) in [4.78, 5) is 11.6. The molecule has 1 unspecified atom stereocenters. The molecule has 2 heterocycles. The molecule has 0 bridgehead atoms. The fourth-order valence-corrected chi connectivity index (χ4v) is 3.12. The summed E-state index contributed by atoms with van der Waals surface area (Å²) in [7, 11) is 0. The van der Waals surface area contributed by atoms with E-state index in [0.29, 0.717) is 0 Å². The predicted molar refractivity (Wildman–Crippen MR) is 88.5 cm³/mol. The van der Waals surface area contributed by atoms with E-state index >= 15 is 0 Å². The Kier molecular flexibility index (Phi) is 6.93. The van der Waals surface area contributed by atoms with Gasteiger partial charge in [0.2, 0.25) is 0 Å². The second-order valence-electron chi connectivity index (χ2n) is 6.12. The van der Waals surface area contributed by atoms with Crippen molar-refractivity contribution in [1.29, 1.82) is 0 Å². The van der Waals surface area contributed by atoms with Crippen molar-refractivity contribution in [3.8, 4) is 0 Å². The molecule has 0 spiro atoms. The van der Waals surface area contributed by atoms with Gasteiger partial charge >= 0.3 is 0 Å². The number of hydrogen-bond donors (Lipinski definition) is 1. The van der Waals surface area contributed by atoms with Gasteiger partial charge in [-0.1, -0.05) is 26.7 Å². The SMILES string of the molecule is CCCNCc1cncc(N2CCCC(CCC)CC2)n1. The Morgan fingerprint density at radius 3 is 2.90 bits per heavy atom. The fraction of sp³-hybridized carbons (Fsp3) is 0.765. The van der Waals surface area contributed by atoms with Crippen molar-refractivity contribution in [1.82, 2.24) is 15.3 Å². The van der Waals surface area contributed by atoms with Crippen LogP contribution >= 0.6 is 0 Å². The summed E-state index contributed by atoms with van der Waals surface area (Å²) in [6.07, 6.45) is 11.6. The normalized spacial score (nSPS) is 19.5. The molecule has 1 aliphatic rings. The molecule has 1 fully saturated rings. The molecule has 21 heavy (non-hydrogen) atoms. The van der Waals surface area contributed by atoms with Crippen molar-refractivity contribution in [3.05, 3.63) is 18.1 Å². The molecule has 4 heteroatoms. The summed E-state index contributed by atoms with van der Waals surface area (Å²) < 4.78 is 0. The molecule has 1 aliphatic heterocycles. The minimum atomic E-state index is 0.820. The smallest absolute Gasteiger partial charge is 0.147 e. The summed E-state index contributed by atoms with van der Waals surface area (Å²) in [6, 6.07) is 0. The zero-order valence-electron chi connectivity index (χ0n) is 13.6. The maximum atomic E-state index is 4.78. The Hall–Kier alpha value is -1.16. The lowest BCUT2D eigenvalue weighted by Gasteiger charge is -2.21. The van der Waals surface area contributed by atoms with Gasteiger partial charge in [0.25, 0.3) is 0 Å². The standard InChI is InChI=1S/C17H30N4/c1-3-6-15-7-5-10-21(11-8-15)17-14-19-13-16(20-17)12-18-9-4-2/h13-15,18H,3-12H2,1-2H3. The third kappa shape index (κ3) is 5.27. The average Bonchev–Trinajstić information content (AvgIpc) is 2.74. The summed E-state index contributed by atoms with van der Waals surface area (Å²) in [5.41, 5.74) is 1.05. The first kappa shape index (κ1) is 16.2. The van der Waals surface area contributed by atoms with Crippen LogP contribution in [-0.4, -0.2) is 29.6 Å². The van der Waals surface area contributed by atoms with E-state index in [1.807, 2.05) is 12.4 Å². The predicted octanol–water partition coefficient (Wildman–Crippen LogP) is 3.38. The van der Waals surface area contributed by atoms with Gasteiger partial charge in [0, 0.05) is 25.8 Å². The van der Waals surface area contributed by atoms with Gasteiger partial charge in [-0.05, 0) is 38.1 Å². The van der Waals surface area contributed by atoms with E-state index < -0.39 is 0 Å². The van der Waals surface area contributed by atoms with Crippen molar-refractivity contribution < 1.29 is 0 Å². The summed E-state index contributed by atoms with van der Waals surface area (Å²) >= 11 is 0. The molecule has 0 amide bonds. The molecule has 0 aromatic carbocycles. The van der Waals surface area contributed by atoms with Crippen molar-refractivity contribution in [2.24, 2.45) is 5.92 Å². The number of aromatic nitrogens is 2. The maximum Gasteiger partial charge on any atom is 0.147 e. The lowest BCUT2D eigenvalue weighted by Crippen LogP contribution is -2.26. The van der Waals surface area contributed by atoms with Crippen LogP contribution in [0.5, 0.6) is 0 Å². The van der Waals surface area contributed by atoms with Crippen LogP contribution < -0.4 is 10.2 Å². The quantitative estimate of drug-likeness (QED) is 0.782. The molecule has 0 radical (unpaired) electrons. The van der Waals surface area contributed by atoms with E-state index in [2.05, 4.69) is 29.0 Å². The number of nitrogens with zero attached hydrogens (tertiary/aromatic N) is 3. The molecule has 0 saturated carbocycles. The van der Waals surface area contributed by atoms with Crippen LogP contribution in [0, 0.1) is 5.92 Å². The molecular formula is C17H30N4. The minimum Gasteiger partial charge on any atom is -0.355 e. The van der Waals surface area contributed by atoms with Gasteiger partial charge in [-0.15, -0.1) is 0 Å². The number of hydrogen-bond acceptors (Lipinski definition) is 4. The Morgan fingerprint density at radius 2 is 2.10 bits per heavy atom. The number of nitrogens with one attached hydrogen (secondary N) is 1. The molecule has 4 nitrogen and oxygen atoms in total. The van der Waals surface area contributed by atoms with Gasteiger partial charge in [0.05, 0.1) is 11.9 Å². The highest BCUT2D eigenvalue weighted by molar-refractivity contribution is 5.36. The molecule has 118 valence electrons. The van der Waals surface area contributed by atoms with E-state index in [-0.39, 0.29) is 0 Å². The molecule has 0 aliphatic carbocycles. The van der Waals surface area contributed by atoms with Crippen LogP contribution in [0.4, 0.5) is 5.82 Å². The lowest BCUT2D eigenvalue weighted by atomic mass is 9.96. The van der Waals surface area contributed by atoms with Crippen LogP contribution in [0.15, 0.2) is 12.4 Å². The number of rotatable bonds is 7. The summed E-state index contributed by atoms with van der Waals surface area (Å²) in [5.74, 6) is 1.96. The van der Waals surface area contributed by atoms with E-state index in [1.165, 1.54) is 32.1 Å². The zero-order valence-corrected chi connectivity index (χ0v) is 13.6. The Morgan fingerprint density at radius 1 is 1.19 bits per heavy atom. The maximum absolute atomic E-state index is 4.78. The van der Waals surface area contributed by atoms with E-state index in [4.69, 9.17) is 4.98 Å². The first-order valence-electron chi connectivity index (χ1n) is 8.60. The van der Waals surface area contributed by atoms with E-state index in [9.17, 15) is 0 Å². The molecule has 2 rings (SSSR count). The third-order valence-electron chi connectivity index (χ3n) is 4.27. The van der Waals surface area contributed by atoms with Gasteiger partial charge in [0.1, 0.15) is 5.82 Å². The van der Waals surface area contributed by atoms with Gasteiger partial charge < -0.3 is 10.2 Å². The Labute approximate surface area is 129 Å². The van der Waals surface area contributed by atoms with Crippen LogP contribution in [0.2, 0.25) is 0 Å². The fourth-order valence-electron chi connectivity index (χ4n) is 3.12. The lowest BCUT2D eigenvalue weighted by molar-refractivity contribution is 0.435. The minimum absolute atomic E-state index is 0.820. The average molecular weight is 290 g/mol. The van der Waals surface area contributed by atoms with Crippen LogP contribution in [0.1, 0.15) is 58.1 Å². The van der Waals surface area contributed by atoms with Gasteiger partial charge in [-0.25, -0.2) is 4.98 Å². The van der Waals surface area contributed by atoms with E-state index in [1.54, 1.807) is 0 Å². The van der Waals surface area contributed by atoms with Crippen LogP contribution in [-0.2, 0) is 6.54 Å².